The second-order valence-electron chi connectivity index (χ2n) is 4.30. The molecular weight excluding hydrogens is 294 g/mol. The Morgan fingerprint density at radius 3 is 2.18 bits per heavy atom. The number of aldehydes is 1. The highest BCUT2D eigenvalue weighted by Crippen LogP contribution is 2.16. The van der Waals surface area contributed by atoms with Crippen molar-refractivity contribution in [3.63, 3.8) is 0 Å². The molecule has 0 aliphatic rings. The molecule has 0 atom stereocenters. The number of ketones is 2. The van der Waals surface area contributed by atoms with Gasteiger partial charge in [-0.05, 0) is 30.3 Å². The van der Waals surface area contributed by atoms with E-state index in [0.29, 0.717) is 6.29 Å². The van der Waals surface area contributed by atoms with E-state index in [0.717, 1.165) is 0 Å². The molecule has 0 aliphatic heterocycles. The third-order valence-corrected chi connectivity index (χ3v) is 2.83. The molecule has 0 radical (unpaired) electrons. The number of hydrogen-bond acceptors (Lipinski definition) is 4. The van der Waals surface area contributed by atoms with Crippen molar-refractivity contribution in [2.24, 2.45) is 0 Å². The summed E-state index contributed by atoms with van der Waals surface area (Å²) >= 11 is 0. The Balaban J connectivity index is 2.19. The quantitative estimate of drug-likeness (QED) is 0.467. The highest BCUT2D eigenvalue weighted by atomic mass is 19.3. The van der Waals surface area contributed by atoms with Gasteiger partial charge < -0.3 is 4.74 Å². The number of carbonyl (C=O) groups excluding carboxylic acids is 3. The minimum Gasteiger partial charge on any atom is -0.435 e. The molecular formula is C16H10F2O4. The van der Waals surface area contributed by atoms with Crippen molar-refractivity contribution in [3.05, 3.63) is 65.2 Å². The predicted molar refractivity (Wildman–Crippen MR) is 73.6 cm³/mol. The van der Waals surface area contributed by atoms with Crippen molar-refractivity contribution in [3.8, 4) is 5.75 Å². The van der Waals surface area contributed by atoms with Crippen LogP contribution in [0.25, 0.3) is 0 Å². The maximum atomic E-state index is 12.1. The van der Waals surface area contributed by atoms with Crippen molar-refractivity contribution in [1.29, 1.82) is 0 Å². The van der Waals surface area contributed by atoms with Crippen molar-refractivity contribution in [1.82, 2.24) is 0 Å². The fourth-order valence-electron chi connectivity index (χ4n) is 1.80. The molecule has 0 saturated heterocycles. The monoisotopic (exact) mass is 304 g/mol. The van der Waals surface area contributed by atoms with Gasteiger partial charge in [-0.1, -0.05) is 18.2 Å². The van der Waals surface area contributed by atoms with E-state index >= 15 is 0 Å². The third-order valence-electron chi connectivity index (χ3n) is 2.83. The first-order chi connectivity index (χ1) is 10.5. The zero-order valence-electron chi connectivity index (χ0n) is 11.2. The average molecular weight is 304 g/mol. The lowest BCUT2D eigenvalue weighted by Crippen LogP contribution is -2.14. The Labute approximate surface area is 124 Å². The van der Waals surface area contributed by atoms with Crippen molar-refractivity contribution in [2.75, 3.05) is 0 Å². The molecule has 0 fully saturated rings. The molecule has 2 aromatic rings. The van der Waals surface area contributed by atoms with E-state index in [-0.39, 0.29) is 22.4 Å². The lowest BCUT2D eigenvalue weighted by molar-refractivity contribution is -0.0498. The Kier molecular flexibility index (Phi) is 4.73. The second kappa shape index (κ2) is 6.71. The molecule has 0 aliphatic carbocycles. The number of benzene rings is 2. The number of halogens is 2. The lowest BCUT2D eigenvalue weighted by atomic mass is 10.0. The van der Waals surface area contributed by atoms with Gasteiger partial charge in [-0.15, -0.1) is 0 Å². The van der Waals surface area contributed by atoms with E-state index in [1.807, 2.05) is 0 Å². The zero-order valence-corrected chi connectivity index (χ0v) is 11.2. The largest absolute Gasteiger partial charge is 0.435 e. The van der Waals surface area contributed by atoms with Gasteiger partial charge in [-0.3, -0.25) is 14.4 Å². The summed E-state index contributed by atoms with van der Waals surface area (Å²) in [5, 5.41) is 0. The SMILES string of the molecule is O=Cc1cccc(C(=O)C(=O)c2ccc(OC(F)F)cc2)c1. The molecule has 4 nitrogen and oxygen atoms in total. The minimum atomic E-state index is -2.96. The summed E-state index contributed by atoms with van der Waals surface area (Å²) in [5.74, 6) is -1.69. The topological polar surface area (TPSA) is 60.4 Å². The molecule has 0 heterocycles. The van der Waals surface area contributed by atoms with Crippen LogP contribution >= 0.6 is 0 Å². The van der Waals surface area contributed by atoms with Crippen LogP contribution in [0.1, 0.15) is 31.1 Å². The van der Waals surface area contributed by atoms with Crippen molar-refractivity contribution >= 4 is 17.9 Å². The average Bonchev–Trinajstić information content (AvgIpc) is 2.53. The highest BCUT2D eigenvalue weighted by molar-refractivity contribution is 6.49. The van der Waals surface area contributed by atoms with E-state index in [2.05, 4.69) is 4.74 Å². The molecule has 0 amide bonds. The van der Waals surface area contributed by atoms with Gasteiger partial charge in [-0.25, -0.2) is 0 Å². The first-order valence-corrected chi connectivity index (χ1v) is 6.20. The third kappa shape index (κ3) is 3.60. The number of ether oxygens (including phenoxy) is 1. The van der Waals surface area contributed by atoms with Gasteiger partial charge in [0.1, 0.15) is 12.0 Å². The Morgan fingerprint density at radius 1 is 0.955 bits per heavy atom. The molecule has 6 heteroatoms. The maximum absolute atomic E-state index is 12.1. The van der Waals surface area contributed by atoms with Gasteiger partial charge in [0.25, 0.3) is 0 Å². The van der Waals surface area contributed by atoms with Gasteiger partial charge in [0, 0.05) is 16.7 Å². The molecule has 22 heavy (non-hydrogen) atoms. The summed E-state index contributed by atoms with van der Waals surface area (Å²) in [5.41, 5.74) is 0.407. The molecule has 0 bridgehead atoms. The Bertz CT molecular complexity index is 708. The van der Waals surface area contributed by atoms with E-state index in [1.54, 1.807) is 0 Å². The molecule has 2 rings (SSSR count). The molecule has 0 saturated carbocycles. The maximum Gasteiger partial charge on any atom is 0.387 e. The summed E-state index contributed by atoms with van der Waals surface area (Å²) in [7, 11) is 0. The van der Waals surface area contributed by atoms with Gasteiger partial charge >= 0.3 is 6.61 Å². The Morgan fingerprint density at radius 2 is 1.59 bits per heavy atom. The summed E-state index contributed by atoms with van der Waals surface area (Å²) in [6.07, 6.45) is 0.567. The van der Waals surface area contributed by atoms with Crippen molar-refractivity contribution < 1.29 is 27.9 Å². The summed E-state index contributed by atoms with van der Waals surface area (Å²) in [6.45, 7) is -2.96. The first-order valence-electron chi connectivity index (χ1n) is 6.20. The minimum absolute atomic E-state index is 0.0446. The van der Waals surface area contributed by atoms with Gasteiger partial charge in [0.15, 0.2) is 0 Å². The van der Waals surface area contributed by atoms with Crippen LogP contribution in [0.3, 0.4) is 0 Å². The van der Waals surface area contributed by atoms with E-state index in [1.165, 1.54) is 48.5 Å². The lowest BCUT2D eigenvalue weighted by Gasteiger charge is -2.05. The number of alkyl halides is 2. The van der Waals surface area contributed by atoms with Crippen LogP contribution in [-0.4, -0.2) is 24.5 Å². The predicted octanol–water partition coefficient (Wildman–Crippen LogP) is 3.17. The van der Waals surface area contributed by atoms with Crippen LogP contribution in [0.4, 0.5) is 8.78 Å². The van der Waals surface area contributed by atoms with E-state index in [9.17, 15) is 23.2 Å². The fourth-order valence-corrected chi connectivity index (χ4v) is 1.80. The van der Waals surface area contributed by atoms with Crippen LogP contribution in [0.2, 0.25) is 0 Å². The van der Waals surface area contributed by atoms with Crippen LogP contribution < -0.4 is 4.74 Å². The van der Waals surface area contributed by atoms with Crippen LogP contribution in [0, 0.1) is 0 Å². The molecule has 0 spiro atoms. The Hall–Kier alpha value is -2.89. The smallest absolute Gasteiger partial charge is 0.387 e. The zero-order chi connectivity index (χ0) is 16.1. The normalized spacial score (nSPS) is 10.3. The van der Waals surface area contributed by atoms with Crippen LogP contribution in [0.15, 0.2) is 48.5 Å². The number of rotatable bonds is 6. The number of hydrogen-bond donors (Lipinski definition) is 0. The number of Topliss-reactive ketones (excluding diaryl/α,β-unsaturated/α-hetero) is 2. The summed E-state index contributed by atoms with van der Waals surface area (Å²) < 4.78 is 28.2. The first kappa shape index (κ1) is 15.5. The summed E-state index contributed by atoms with van der Waals surface area (Å²) in [4.78, 5) is 34.8. The number of carbonyl (C=O) groups is 3. The van der Waals surface area contributed by atoms with Gasteiger partial charge in [-0.2, -0.15) is 8.78 Å². The van der Waals surface area contributed by atoms with Gasteiger partial charge in [0.2, 0.25) is 11.6 Å². The van der Waals surface area contributed by atoms with Crippen LogP contribution in [-0.2, 0) is 0 Å². The highest BCUT2D eigenvalue weighted by Gasteiger charge is 2.18. The fraction of sp³-hybridized carbons (Fsp3) is 0.0625. The van der Waals surface area contributed by atoms with Crippen LogP contribution in [0.5, 0.6) is 5.75 Å². The molecule has 0 aromatic heterocycles. The standard InChI is InChI=1S/C16H10F2O4/c17-16(18)22-13-6-4-11(5-7-13)14(20)15(21)12-3-1-2-10(8-12)9-19/h1-9,16H. The van der Waals surface area contributed by atoms with Crippen molar-refractivity contribution in [2.45, 2.75) is 6.61 Å². The van der Waals surface area contributed by atoms with E-state index < -0.39 is 18.2 Å². The second-order valence-corrected chi connectivity index (χ2v) is 4.30. The van der Waals surface area contributed by atoms with E-state index in [4.69, 9.17) is 0 Å². The van der Waals surface area contributed by atoms with Gasteiger partial charge in [0.05, 0.1) is 0 Å². The molecule has 0 unspecified atom stereocenters. The summed E-state index contributed by atoms with van der Waals surface area (Å²) in [6, 6.07) is 10.5. The molecule has 2 aromatic carbocycles. The molecule has 0 N–H and O–H groups in total. The molecule has 112 valence electrons.